The monoisotopic (exact) mass is 662 g/mol. The van der Waals surface area contributed by atoms with E-state index in [9.17, 15) is 9.18 Å². The highest BCUT2D eigenvalue weighted by molar-refractivity contribution is 6.31. The molecule has 0 saturated carbocycles. The molecule has 10 nitrogen and oxygen atoms in total. The lowest BCUT2D eigenvalue weighted by Gasteiger charge is -2.45. The maximum absolute atomic E-state index is 14.6. The number of benzene rings is 1. The highest BCUT2D eigenvalue weighted by Gasteiger charge is 2.50. The molecule has 6 heterocycles. The zero-order valence-corrected chi connectivity index (χ0v) is 28.6. The van der Waals surface area contributed by atoms with Gasteiger partial charge in [0.05, 0.1) is 29.0 Å². The summed E-state index contributed by atoms with van der Waals surface area (Å²) in [6.07, 6.45) is 5.17. The van der Waals surface area contributed by atoms with Crippen molar-refractivity contribution in [1.82, 2.24) is 34.4 Å². The molecule has 2 fully saturated rings. The van der Waals surface area contributed by atoms with Crippen LogP contribution < -0.4 is 9.64 Å². The van der Waals surface area contributed by atoms with Gasteiger partial charge in [-0.2, -0.15) is 15.1 Å². The number of hydrogen-bond acceptors (Lipinski definition) is 8. The third-order valence-corrected chi connectivity index (χ3v) is 11.9. The molecule has 1 spiro atoms. The van der Waals surface area contributed by atoms with Gasteiger partial charge in [0.25, 0.3) is 5.91 Å². The van der Waals surface area contributed by atoms with Gasteiger partial charge in [0, 0.05) is 69.3 Å². The molecule has 8 rings (SSSR count). The number of ether oxygens (including phenoxy) is 1. The van der Waals surface area contributed by atoms with E-state index in [0.717, 1.165) is 85.1 Å². The van der Waals surface area contributed by atoms with Gasteiger partial charge in [-0.15, -0.1) is 0 Å². The van der Waals surface area contributed by atoms with Crippen LogP contribution >= 0.6 is 11.6 Å². The summed E-state index contributed by atoms with van der Waals surface area (Å²) >= 11 is 6.92. The van der Waals surface area contributed by atoms with Gasteiger partial charge in [-0.1, -0.05) is 23.7 Å². The molecular formula is C35H44ClFN8O2. The zero-order valence-electron chi connectivity index (χ0n) is 27.9. The van der Waals surface area contributed by atoms with E-state index in [4.69, 9.17) is 31.4 Å². The summed E-state index contributed by atoms with van der Waals surface area (Å²) in [5.74, 6) is 0.782. The van der Waals surface area contributed by atoms with Gasteiger partial charge < -0.3 is 14.5 Å². The third-order valence-electron chi connectivity index (χ3n) is 11.6. The molecule has 1 aromatic carbocycles. The van der Waals surface area contributed by atoms with Crippen LogP contribution in [-0.2, 0) is 38.0 Å². The number of fused-ring (bicyclic) bond motifs is 5. The minimum Gasteiger partial charge on any atom is -0.461 e. The molecule has 2 saturated heterocycles. The Balaban J connectivity index is 1.19. The fourth-order valence-electron chi connectivity index (χ4n) is 9.14. The second kappa shape index (κ2) is 11.4. The van der Waals surface area contributed by atoms with Crippen LogP contribution in [0.2, 0.25) is 5.02 Å². The molecule has 47 heavy (non-hydrogen) atoms. The molecule has 12 heteroatoms. The first-order valence-corrected chi connectivity index (χ1v) is 17.4. The number of likely N-dealkylation sites (N-methyl/N-ethyl adjacent to an activating group) is 1. The van der Waals surface area contributed by atoms with E-state index in [1.807, 2.05) is 23.7 Å². The Morgan fingerprint density at radius 1 is 1.15 bits per heavy atom. The minimum absolute atomic E-state index is 0.0880. The highest BCUT2D eigenvalue weighted by Crippen LogP contribution is 2.50. The standard InChI is InChI=1S/C35H44ClFN8O2/c1-22-28-20-43(13-7-15-45(28)40-30(22)32(46)41(2)3)31-25-19-42(4)35(12-10-23-8-5-9-26(36)29(23)35)17-27(25)38-33(39-31)47-21-34-11-6-14-44(34)18-24(37)16-34/h5,8-9,24H,6-7,10-21H2,1-4H3/t24-,34+,35+/m1/s1. The summed E-state index contributed by atoms with van der Waals surface area (Å²) in [6.45, 7) is 6.53. The van der Waals surface area contributed by atoms with Crippen LogP contribution in [0, 0.1) is 6.92 Å². The van der Waals surface area contributed by atoms with Gasteiger partial charge in [0.15, 0.2) is 5.69 Å². The Hall–Kier alpha value is -3.28. The predicted molar refractivity (Wildman–Crippen MR) is 178 cm³/mol. The highest BCUT2D eigenvalue weighted by atomic mass is 35.5. The Kier molecular flexibility index (Phi) is 7.53. The van der Waals surface area contributed by atoms with Crippen molar-refractivity contribution in [3.8, 4) is 6.01 Å². The van der Waals surface area contributed by atoms with Gasteiger partial charge in [-0.3, -0.25) is 19.3 Å². The summed E-state index contributed by atoms with van der Waals surface area (Å²) in [5, 5.41) is 5.56. The lowest BCUT2D eigenvalue weighted by Crippen LogP contribution is -2.48. The van der Waals surface area contributed by atoms with Crippen LogP contribution in [0.1, 0.15) is 76.2 Å². The van der Waals surface area contributed by atoms with E-state index in [1.54, 1.807) is 19.0 Å². The second-order valence-electron chi connectivity index (χ2n) is 14.6. The summed E-state index contributed by atoms with van der Waals surface area (Å²) in [5.41, 5.74) is 6.50. The van der Waals surface area contributed by atoms with Crippen molar-refractivity contribution in [2.75, 3.05) is 52.3 Å². The number of aromatic nitrogens is 4. The van der Waals surface area contributed by atoms with Gasteiger partial charge in [0.1, 0.15) is 18.6 Å². The van der Waals surface area contributed by atoms with E-state index in [-0.39, 0.29) is 17.0 Å². The molecule has 0 bridgehead atoms. The molecule has 3 aromatic rings. The number of alkyl halides is 1. The third kappa shape index (κ3) is 4.94. The number of hydrogen-bond donors (Lipinski definition) is 0. The maximum Gasteiger partial charge on any atom is 0.318 e. The topological polar surface area (TPSA) is 82.9 Å². The first kappa shape index (κ1) is 31.0. The average Bonchev–Trinajstić information content (AvgIpc) is 3.73. The first-order valence-electron chi connectivity index (χ1n) is 17.0. The smallest absolute Gasteiger partial charge is 0.318 e. The summed E-state index contributed by atoms with van der Waals surface area (Å²) in [4.78, 5) is 31.9. The van der Waals surface area contributed by atoms with Crippen LogP contribution in [0.4, 0.5) is 10.2 Å². The van der Waals surface area contributed by atoms with Crippen molar-refractivity contribution in [3.05, 3.63) is 62.6 Å². The molecule has 0 unspecified atom stereocenters. The number of rotatable bonds is 5. The summed E-state index contributed by atoms with van der Waals surface area (Å²) < 4.78 is 23.1. The predicted octanol–water partition coefficient (Wildman–Crippen LogP) is 4.53. The number of amides is 1. The molecule has 1 amide bonds. The molecular weight excluding hydrogens is 619 g/mol. The Bertz CT molecular complexity index is 1750. The fourth-order valence-corrected chi connectivity index (χ4v) is 9.51. The Labute approximate surface area is 280 Å². The quantitative estimate of drug-likeness (QED) is 0.394. The maximum atomic E-state index is 14.6. The molecule has 1 aliphatic carbocycles. The number of halogens is 2. The van der Waals surface area contributed by atoms with Crippen molar-refractivity contribution in [2.45, 2.75) is 88.8 Å². The lowest BCUT2D eigenvalue weighted by molar-refractivity contribution is 0.0820. The molecule has 2 aromatic heterocycles. The number of nitrogens with zero attached hydrogens (tertiary/aromatic N) is 8. The lowest BCUT2D eigenvalue weighted by atomic mass is 9.81. The van der Waals surface area contributed by atoms with Crippen LogP contribution in [0.5, 0.6) is 6.01 Å². The van der Waals surface area contributed by atoms with E-state index in [2.05, 4.69) is 27.8 Å². The fraction of sp³-hybridized carbons (Fsp3) is 0.600. The average molecular weight is 663 g/mol. The molecule has 0 radical (unpaired) electrons. The van der Waals surface area contributed by atoms with Crippen LogP contribution in [0.15, 0.2) is 18.2 Å². The van der Waals surface area contributed by atoms with Crippen LogP contribution in [-0.4, -0.2) is 99.5 Å². The Morgan fingerprint density at radius 2 is 2.00 bits per heavy atom. The number of anilines is 1. The SMILES string of the molecule is Cc1c(C(=O)N(C)C)nn2c1CN(c1nc(OC[C@@]34CCCN3C[C@H](F)C4)nc3c1CN(C)[C@@]1(CCc4cccc(Cl)c41)C3)CCC2. The second-order valence-corrected chi connectivity index (χ2v) is 15.0. The van der Waals surface area contributed by atoms with Gasteiger partial charge in [-0.05, 0) is 69.8 Å². The van der Waals surface area contributed by atoms with Crippen molar-refractivity contribution in [1.29, 1.82) is 0 Å². The summed E-state index contributed by atoms with van der Waals surface area (Å²) in [6, 6.07) is 6.60. The zero-order chi connectivity index (χ0) is 32.7. The van der Waals surface area contributed by atoms with E-state index in [1.165, 1.54) is 11.1 Å². The van der Waals surface area contributed by atoms with Crippen molar-refractivity contribution >= 4 is 23.3 Å². The summed E-state index contributed by atoms with van der Waals surface area (Å²) in [7, 11) is 5.71. The number of carbonyl (C=O) groups is 1. The molecule has 4 aliphatic heterocycles. The van der Waals surface area contributed by atoms with Crippen LogP contribution in [0.3, 0.4) is 0 Å². The first-order chi connectivity index (χ1) is 22.6. The largest absolute Gasteiger partial charge is 0.461 e. The normalized spacial score (nSPS) is 27.0. The van der Waals surface area contributed by atoms with E-state index >= 15 is 0 Å². The minimum atomic E-state index is -0.823. The molecule has 3 atom stereocenters. The molecule has 250 valence electrons. The van der Waals surface area contributed by atoms with Crippen molar-refractivity contribution < 1.29 is 13.9 Å². The Morgan fingerprint density at radius 3 is 2.83 bits per heavy atom. The van der Waals surface area contributed by atoms with Gasteiger partial charge in [-0.25, -0.2) is 4.39 Å². The molecule has 0 N–H and O–H groups in total. The van der Waals surface area contributed by atoms with E-state index in [0.29, 0.717) is 50.8 Å². The van der Waals surface area contributed by atoms with Gasteiger partial charge >= 0.3 is 6.01 Å². The number of carbonyl (C=O) groups excluding carboxylic acids is 1. The number of aryl methyl sites for hydroxylation is 2. The van der Waals surface area contributed by atoms with E-state index < -0.39 is 6.17 Å². The van der Waals surface area contributed by atoms with Crippen molar-refractivity contribution in [2.24, 2.45) is 0 Å². The van der Waals surface area contributed by atoms with Crippen molar-refractivity contribution in [3.63, 3.8) is 0 Å². The molecule has 5 aliphatic rings. The van der Waals surface area contributed by atoms with Gasteiger partial charge in [0.2, 0.25) is 0 Å². The van der Waals surface area contributed by atoms with Crippen LogP contribution in [0.25, 0.3) is 0 Å².